The highest BCUT2D eigenvalue weighted by Gasteiger charge is 2.27. The smallest absolute Gasteiger partial charge is 0.237 e. The number of nitrogens with zero attached hydrogens (tertiary/aromatic N) is 1. The summed E-state index contributed by atoms with van der Waals surface area (Å²) in [7, 11) is 0. The predicted molar refractivity (Wildman–Crippen MR) is 57.9 cm³/mol. The summed E-state index contributed by atoms with van der Waals surface area (Å²) < 4.78 is 0. The van der Waals surface area contributed by atoms with Crippen molar-refractivity contribution < 1.29 is 4.79 Å². The molecule has 1 amide bonds. The quantitative estimate of drug-likeness (QED) is 0.675. The van der Waals surface area contributed by atoms with Crippen molar-refractivity contribution in [2.24, 2.45) is 11.1 Å². The van der Waals surface area contributed by atoms with Crippen molar-refractivity contribution in [3.8, 4) is 0 Å². The van der Waals surface area contributed by atoms with Crippen LogP contribution in [0, 0.1) is 5.41 Å². The molecule has 15 heavy (non-hydrogen) atoms. The maximum absolute atomic E-state index is 11.6. The van der Waals surface area contributed by atoms with Crippen LogP contribution in [-0.4, -0.2) is 21.9 Å². The minimum Gasteiger partial charge on any atom is -0.349 e. The highest BCUT2D eigenvalue weighted by Crippen LogP contribution is 2.17. The van der Waals surface area contributed by atoms with Crippen LogP contribution >= 0.6 is 0 Å². The fourth-order valence-electron chi connectivity index (χ4n) is 1.07. The van der Waals surface area contributed by atoms with Crippen molar-refractivity contribution in [3.63, 3.8) is 0 Å². The molecule has 0 radical (unpaired) electrons. The second-order valence-corrected chi connectivity index (χ2v) is 4.64. The van der Waals surface area contributed by atoms with Crippen molar-refractivity contribution in [2.45, 2.75) is 33.4 Å². The Morgan fingerprint density at radius 1 is 1.67 bits per heavy atom. The molecule has 0 saturated carbocycles. The van der Waals surface area contributed by atoms with Gasteiger partial charge in [0, 0.05) is 6.20 Å². The molecule has 0 saturated heterocycles. The molecule has 1 heterocycles. The number of nitrogens with two attached hydrogens (primary N) is 1. The molecule has 0 spiro atoms. The van der Waals surface area contributed by atoms with Crippen molar-refractivity contribution >= 4 is 5.91 Å². The van der Waals surface area contributed by atoms with E-state index in [1.165, 1.54) is 0 Å². The first-order valence-corrected chi connectivity index (χ1v) is 4.92. The minimum absolute atomic E-state index is 0.142. The number of hydrogen-bond donors (Lipinski definition) is 3. The van der Waals surface area contributed by atoms with E-state index in [-0.39, 0.29) is 11.3 Å². The van der Waals surface area contributed by atoms with Crippen molar-refractivity contribution in [1.82, 2.24) is 15.3 Å². The van der Waals surface area contributed by atoms with Crippen LogP contribution in [0.4, 0.5) is 0 Å². The first-order valence-electron chi connectivity index (χ1n) is 4.92. The molecule has 5 nitrogen and oxygen atoms in total. The third-order valence-corrected chi connectivity index (χ3v) is 2.22. The van der Waals surface area contributed by atoms with Crippen LogP contribution in [0.5, 0.6) is 0 Å². The van der Waals surface area contributed by atoms with Crippen molar-refractivity contribution in [3.05, 3.63) is 18.2 Å². The highest BCUT2D eigenvalue weighted by molar-refractivity contribution is 5.82. The molecule has 1 atom stereocenters. The minimum atomic E-state index is -0.500. The first-order chi connectivity index (χ1) is 6.91. The Labute approximate surface area is 89.5 Å². The van der Waals surface area contributed by atoms with Crippen molar-refractivity contribution in [1.29, 1.82) is 0 Å². The summed E-state index contributed by atoms with van der Waals surface area (Å²) >= 11 is 0. The third kappa shape index (κ3) is 3.36. The van der Waals surface area contributed by atoms with Crippen LogP contribution in [0.25, 0.3) is 0 Å². The topological polar surface area (TPSA) is 83.8 Å². The van der Waals surface area contributed by atoms with E-state index in [4.69, 9.17) is 5.73 Å². The van der Waals surface area contributed by atoms with Gasteiger partial charge in [-0.1, -0.05) is 20.8 Å². The van der Waals surface area contributed by atoms with Gasteiger partial charge in [0.25, 0.3) is 0 Å². The molecule has 1 rings (SSSR count). The van der Waals surface area contributed by atoms with Gasteiger partial charge in [0.2, 0.25) is 5.91 Å². The number of amides is 1. The molecule has 0 aromatic carbocycles. The Morgan fingerprint density at radius 3 is 2.80 bits per heavy atom. The molecule has 0 bridgehead atoms. The van der Waals surface area contributed by atoms with Crippen LogP contribution < -0.4 is 11.1 Å². The van der Waals surface area contributed by atoms with E-state index in [1.807, 2.05) is 20.8 Å². The Morgan fingerprint density at radius 2 is 2.33 bits per heavy atom. The van der Waals surface area contributed by atoms with E-state index in [9.17, 15) is 4.79 Å². The van der Waals surface area contributed by atoms with Gasteiger partial charge in [0.15, 0.2) is 0 Å². The molecule has 0 fully saturated rings. The molecule has 84 valence electrons. The fraction of sp³-hybridized carbons (Fsp3) is 0.600. The lowest BCUT2D eigenvalue weighted by Crippen LogP contribution is -2.48. The number of aromatic amines is 1. The number of rotatable bonds is 3. The SMILES string of the molecule is CC(C)(C)C(N)C(=O)NCc1cnc[nH]1. The van der Waals surface area contributed by atoms with Crippen LogP contribution in [0.2, 0.25) is 0 Å². The van der Waals surface area contributed by atoms with Gasteiger partial charge in [0.1, 0.15) is 0 Å². The number of nitrogens with one attached hydrogen (secondary N) is 2. The molecular formula is C10H18N4O. The van der Waals surface area contributed by atoms with Gasteiger partial charge in [-0.15, -0.1) is 0 Å². The summed E-state index contributed by atoms with van der Waals surface area (Å²) in [5, 5.41) is 2.76. The number of carbonyl (C=O) groups excluding carboxylic acids is 1. The van der Waals surface area contributed by atoms with Gasteiger partial charge >= 0.3 is 0 Å². The Bertz CT molecular complexity index is 313. The van der Waals surface area contributed by atoms with Gasteiger partial charge in [-0.25, -0.2) is 4.98 Å². The summed E-state index contributed by atoms with van der Waals surface area (Å²) in [6, 6.07) is -0.500. The first kappa shape index (κ1) is 11.7. The summed E-state index contributed by atoms with van der Waals surface area (Å²) in [6.07, 6.45) is 3.24. The monoisotopic (exact) mass is 210 g/mol. The number of hydrogen-bond acceptors (Lipinski definition) is 3. The summed E-state index contributed by atoms with van der Waals surface area (Å²) in [5.74, 6) is -0.142. The zero-order chi connectivity index (χ0) is 11.5. The van der Waals surface area contributed by atoms with Gasteiger partial charge in [0.05, 0.1) is 24.6 Å². The highest BCUT2D eigenvalue weighted by atomic mass is 16.2. The molecular weight excluding hydrogens is 192 g/mol. The fourth-order valence-corrected chi connectivity index (χ4v) is 1.07. The largest absolute Gasteiger partial charge is 0.349 e. The molecule has 0 aliphatic heterocycles. The van der Waals surface area contributed by atoms with Crippen molar-refractivity contribution in [2.75, 3.05) is 0 Å². The average Bonchev–Trinajstić information content (AvgIpc) is 2.63. The Kier molecular flexibility index (Phi) is 3.47. The molecule has 5 heteroatoms. The molecule has 0 aliphatic carbocycles. The van der Waals surface area contributed by atoms with E-state index in [2.05, 4.69) is 15.3 Å². The van der Waals surface area contributed by atoms with Gasteiger partial charge in [-0.2, -0.15) is 0 Å². The number of H-pyrrole nitrogens is 1. The maximum atomic E-state index is 11.6. The standard InChI is InChI=1S/C10H18N4O/c1-10(2,3)8(11)9(15)13-5-7-4-12-6-14-7/h4,6,8H,5,11H2,1-3H3,(H,12,14)(H,13,15). The lowest BCUT2D eigenvalue weighted by Gasteiger charge is -2.25. The van der Waals surface area contributed by atoms with E-state index in [1.54, 1.807) is 12.5 Å². The zero-order valence-electron chi connectivity index (χ0n) is 9.37. The Balaban J connectivity index is 2.43. The van der Waals surface area contributed by atoms with Crippen LogP contribution in [0.1, 0.15) is 26.5 Å². The van der Waals surface area contributed by atoms with E-state index >= 15 is 0 Å². The van der Waals surface area contributed by atoms with Gasteiger partial charge < -0.3 is 16.0 Å². The molecule has 4 N–H and O–H groups in total. The van der Waals surface area contributed by atoms with E-state index in [0.717, 1.165) is 5.69 Å². The van der Waals surface area contributed by atoms with Crippen LogP contribution in [0.3, 0.4) is 0 Å². The summed E-state index contributed by atoms with van der Waals surface area (Å²) in [4.78, 5) is 18.4. The van der Waals surface area contributed by atoms with Gasteiger partial charge in [-0.05, 0) is 5.41 Å². The molecule has 1 aromatic heterocycles. The lowest BCUT2D eigenvalue weighted by molar-refractivity contribution is -0.124. The third-order valence-electron chi connectivity index (χ3n) is 2.22. The average molecular weight is 210 g/mol. The van der Waals surface area contributed by atoms with E-state index in [0.29, 0.717) is 6.54 Å². The molecule has 0 aliphatic rings. The number of aromatic nitrogens is 2. The lowest BCUT2D eigenvalue weighted by atomic mass is 9.87. The summed E-state index contributed by atoms with van der Waals surface area (Å²) in [5.41, 5.74) is 6.44. The number of imidazole rings is 1. The van der Waals surface area contributed by atoms with Crippen LogP contribution in [0.15, 0.2) is 12.5 Å². The predicted octanol–water partition coefficient (Wildman–Crippen LogP) is 0.399. The normalized spacial score (nSPS) is 13.6. The van der Waals surface area contributed by atoms with E-state index < -0.39 is 6.04 Å². The molecule has 1 aromatic rings. The summed E-state index contributed by atoms with van der Waals surface area (Å²) in [6.45, 7) is 6.25. The Hall–Kier alpha value is -1.36. The second kappa shape index (κ2) is 4.44. The van der Waals surface area contributed by atoms with Crippen LogP contribution in [-0.2, 0) is 11.3 Å². The maximum Gasteiger partial charge on any atom is 0.237 e. The molecule has 1 unspecified atom stereocenters. The number of carbonyl (C=O) groups is 1. The van der Waals surface area contributed by atoms with Gasteiger partial charge in [-0.3, -0.25) is 4.79 Å². The zero-order valence-corrected chi connectivity index (χ0v) is 9.37. The second-order valence-electron chi connectivity index (χ2n) is 4.64.